The van der Waals surface area contributed by atoms with Crippen LogP contribution in [0.1, 0.15) is 88.2 Å². The van der Waals surface area contributed by atoms with E-state index in [9.17, 15) is 19.8 Å². The van der Waals surface area contributed by atoms with Gasteiger partial charge in [-0.05, 0) is 65.5 Å². The van der Waals surface area contributed by atoms with Crippen molar-refractivity contribution in [3.8, 4) is 22.6 Å². The standard InChI is InChI=1S/C29H34O6/c1-6-7-8-11-34-25-15-22-21(28(2,3)9-10-29(22,4)5)14-19(25)18-12-17-13-20(26(31)32)27(33)35-24(17)16-23(18)30/h12-16,30H,6-11H2,1-5H3,(H,31,32). The molecule has 0 saturated heterocycles. The third kappa shape index (κ3) is 4.66. The molecule has 0 fully saturated rings. The summed E-state index contributed by atoms with van der Waals surface area (Å²) < 4.78 is 11.5. The first-order valence-electron chi connectivity index (χ1n) is 12.3. The number of phenols is 1. The Kier molecular flexibility index (Phi) is 6.43. The fourth-order valence-electron chi connectivity index (χ4n) is 4.98. The molecule has 1 aliphatic rings. The van der Waals surface area contributed by atoms with Gasteiger partial charge in [0.1, 0.15) is 22.6 Å². The molecular formula is C29H34O6. The number of fused-ring (bicyclic) bond motifs is 2. The lowest BCUT2D eigenvalue weighted by molar-refractivity contribution is 0.0692. The number of unbranched alkanes of at least 4 members (excludes halogenated alkanes) is 2. The summed E-state index contributed by atoms with van der Waals surface area (Å²) in [5.41, 5.74) is 2.41. The van der Waals surface area contributed by atoms with Crippen LogP contribution in [0.4, 0.5) is 0 Å². The van der Waals surface area contributed by atoms with E-state index in [1.165, 1.54) is 23.3 Å². The summed E-state index contributed by atoms with van der Waals surface area (Å²) in [5.74, 6) is -0.723. The smallest absolute Gasteiger partial charge is 0.351 e. The fourth-order valence-corrected chi connectivity index (χ4v) is 4.98. The van der Waals surface area contributed by atoms with Gasteiger partial charge in [0.15, 0.2) is 0 Å². The minimum Gasteiger partial charge on any atom is -0.507 e. The molecule has 6 nitrogen and oxygen atoms in total. The van der Waals surface area contributed by atoms with Gasteiger partial charge in [0, 0.05) is 22.6 Å². The van der Waals surface area contributed by atoms with Gasteiger partial charge in [0.2, 0.25) is 0 Å². The zero-order valence-electron chi connectivity index (χ0n) is 21.2. The predicted octanol–water partition coefficient (Wildman–Crippen LogP) is 6.78. The van der Waals surface area contributed by atoms with Crippen molar-refractivity contribution in [2.75, 3.05) is 6.61 Å². The van der Waals surface area contributed by atoms with Crippen LogP contribution in [0.15, 0.2) is 39.5 Å². The summed E-state index contributed by atoms with van der Waals surface area (Å²) in [5, 5.41) is 20.7. The highest BCUT2D eigenvalue weighted by atomic mass is 16.5. The van der Waals surface area contributed by atoms with Crippen LogP contribution in [0, 0.1) is 0 Å². The van der Waals surface area contributed by atoms with E-state index in [2.05, 4.69) is 46.8 Å². The summed E-state index contributed by atoms with van der Waals surface area (Å²) in [6.07, 6.45) is 5.19. The maximum Gasteiger partial charge on any atom is 0.351 e. The summed E-state index contributed by atoms with van der Waals surface area (Å²) in [6, 6.07) is 8.56. The topological polar surface area (TPSA) is 97.0 Å². The largest absolute Gasteiger partial charge is 0.507 e. The van der Waals surface area contributed by atoms with Crippen LogP contribution in [0.2, 0.25) is 0 Å². The lowest BCUT2D eigenvalue weighted by Crippen LogP contribution is -2.34. The maximum absolute atomic E-state index is 12.0. The van der Waals surface area contributed by atoms with Crippen LogP contribution in [-0.2, 0) is 10.8 Å². The number of carboxylic acids is 1. The van der Waals surface area contributed by atoms with Gasteiger partial charge in [-0.3, -0.25) is 0 Å². The number of carboxylic acid groups (broad SMARTS) is 1. The van der Waals surface area contributed by atoms with E-state index >= 15 is 0 Å². The maximum atomic E-state index is 12.0. The van der Waals surface area contributed by atoms with Crippen molar-refractivity contribution in [3.05, 3.63) is 57.4 Å². The molecular weight excluding hydrogens is 444 g/mol. The van der Waals surface area contributed by atoms with Crippen LogP contribution in [-0.4, -0.2) is 22.8 Å². The van der Waals surface area contributed by atoms with Crippen molar-refractivity contribution in [1.82, 2.24) is 0 Å². The zero-order valence-corrected chi connectivity index (χ0v) is 21.2. The Morgan fingerprint density at radius 3 is 2.26 bits per heavy atom. The van der Waals surface area contributed by atoms with Crippen molar-refractivity contribution in [3.63, 3.8) is 0 Å². The molecule has 4 rings (SSSR count). The van der Waals surface area contributed by atoms with Gasteiger partial charge in [-0.2, -0.15) is 0 Å². The third-order valence-electron chi connectivity index (χ3n) is 7.33. The lowest BCUT2D eigenvalue weighted by atomic mass is 9.62. The molecule has 6 heteroatoms. The number of benzene rings is 2. The quantitative estimate of drug-likeness (QED) is 0.287. The molecule has 1 aromatic heterocycles. The number of carbonyl (C=O) groups is 1. The van der Waals surface area contributed by atoms with E-state index in [0.29, 0.717) is 23.3 Å². The molecule has 0 saturated carbocycles. The minimum atomic E-state index is -1.35. The Morgan fingerprint density at radius 2 is 1.63 bits per heavy atom. The average molecular weight is 479 g/mol. The van der Waals surface area contributed by atoms with Crippen molar-refractivity contribution in [2.24, 2.45) is 0 Å². The van der Waals surface area contributed by atoms with Crippen LogP contribution in [0.25, 0.3) is 22.1 Å². The molecule has 2 aromatic carbocycles. The molecule has 35 heavy (non-hydrogen) atoms. The molecule has 0 aliphatic heterocycles. The molecule has 0 unspecified atom stereocenters. The van der Waals surface area contributed by atoms with E-state index in [-0.39, 0.29) is 22.2 Å². The minimum absolute atomic E-state index is 0.00383. The molecule has 2 N–H and O–H groups in total. The summed E-state index contributed by atoms with van der Waals surface area (Å²) in [6.45, 7) is 11.7. The highest BCUT2D eigenvalue weighted by Gasteiger charge is 2.38. The van der Waals surface area contributed by atoms with Gasteiger partial charge in [0.05, 0.1) is 6.61 Å². The Hall–Kier alpha value is -3.28. The second kappa shape index (κ2) is 9.06. The molecule has 0 amide bonds. The highest BCUT2D eigenvalue weighted by molar-refractivity contribution is 5.94. The molecule has 0 bridgehead atoms. The van der Waals surface area contributed by atoms with Gasteiger partial charge in [-0.1, -0.05) is 47.5 Å². The van der Waals surface area contributed by atoms with E-state index in [4.69, 9.17) is 9.15 Å². The molecule has 3 aromatic rings. The summed E-state index contributed by atoms with van der Waals surface area (Å²) in [4.78, 5) is 23.5. The van der Waals surface area contributed by atoms with E-state index in [0.717, 1.165) is 37.7 Å². The van der Waals surface area contributed by atoms with Crippen LogP contribution in [0.3, 0.4) is 0 Å². The van der Waals surface area contributed by atoms with Crippen molar-refractivity contribution < 1.29 is 24.2 Å². The number of rotatable bonds is 7. The van der Waals surface area contributed by atoms with Gasteiger partial charge >= 0.3 is 11.6 Å². The summed E-state index contributed by atoms with van der Waals surface area (Å²) >= 11 is 0. The first kappa shape index (κ1) is 24.8. The number of hydrogen-bond acceptors (Lipinski definition) is 5. The molecule has 0 atom stereocenters. The van der Waals surface area contributed by atoms with Crippen molar-refractivity contribution in [2.45, 2.75) is 77.6 Å². The predicted molar refractivity (Wildman–Crippen MR) is 137 cm³/mol. The molecule has 186 valence electrons. The van der Waals surface area contributed by atoms with Crippen LogP contribution in [0.5, 0.6) is 11.5 Å². The Bertz CT molecular complexity index is 1350. The van der Waals surface area contributed by atoms with E-state index in [1.807, 2.05) is 0 Å². The van der Waals surface area contributed by atoms with Gasteiger partial charge in [-0.15, -0.1) is 0 Å². The monoisotopic (exact) mass is 478 g/mol. The molecule has 0 radical (unpaired) electrons. The third-order valence-corrected chi connectivity index (χ3v) is 7.33. The van der Waals surface area contributed by atoms with Crippen molar-refractivity contribution in [1.29, 1.82) is 0 Å². The van der Waals surface area contributed by atoms with Crippen molar-refractivity contribution >= 4 is 16.9 Å². The highest BCUT2D eigenvalue weighted by Crippen LogP contribution is 2.50. The SMILES string of the molecule is CCCCCOc1cc2c(cc1-c1cc3cc(C(=O)O)c(=O)oc3cc1O)C(C)(C)CCC2(C)C. The number of aromatic hydroxyl groups is 1. The Balaban J connectivity index is 1.95. The second-order valence-electron chi connectivity index (χ2n) is 10.9. The first-order chi connectivity index (χ1) is 16.4. The number of aromatic carboxylic acids is 1. The summed E-state index contributed by atoms with van der Waals surface area (Å²) in [7, 11) is 0. The first-order valence-corrected chi connectivity index (χ1v) is 12.3. The Morgan fingerprint density at radius 1 is 0.971 bits per heavy atom. The number of phenolic OH excluding ortho intramolecular Hbond substituents is 1. The van der Waals surface area contributed by atoms with E-state index in [1.54, 1.807) is 6.07 Å². The van der Waals surface area contributed by atoms with Gasteiger partial charge in [0.25, 0.3) is 0 Å². The Labute approximate surface area is 205 Å². The van der Waals surface area contributed by atoms with Gasteiger partial charge < -0.3 is 19.4 Å². The number of ether oxygens (including phenoxy) is 1. The lowest BCUT2D eigenvalue weighted by Gasteiger charge is -2.42. The normalized spacial score (nSPS) is 16.1. The molecule has 1 aliphatic carbocycles. The van der Waals surface area contributed by atoms with Crippen LogP contribution >= 0.6 is 0 Å². The fraction of sp³-hybridized carbons (Fsp3) is 0.448. The number of hydrogen-bond donors (Lipinski definition) is 2. The van der Waals surface area contributed by atoms with E-state index < -0.39 is 17.2 Å². The molecule has 1 heterocycles. The average Bonchev–Trinajstić information content (AvgIpc) is 2.78. The molecule has 0 spiro atoms. The second-order valence-corrected chi connectivity index (χ2v) is 10.9. The van der Waals surface area contributed by atoms with Gasteiger partial charge in [-0.25, -0.2) is 9.59 Å². The van der Waals surface area contributed by atoms with Crippen LogP contribution < -0.4 is 10.4 Å². The zero-order chi connectivity index (χ0) is 25.5.